The normalized spacial score (nSPS) is 14.3. The predicted octanol–water partition coefficient (Wildman–Crippen LogP) is 2.56. The average Bonchev–Trinajstić information content (AvgIpc) is 2.03. The third-order valence-electron chi connectivity index (χ3n) is 2.36. The van der Waals surface area contributed by atoms with Crippen molar-refractivity contribution in [2.75, 3.05) is 0 Å². The molecule has 0 saturated carbocycles. The molecule has 1 N–H and O–H groups in total. The van der Waals surface area contributed by atoms with Gasteiger partial charge in [-0.05, 0) is 19.4 Å². The van der Waals surface area contributed by atoms with E-state index in [9.17, 15) is 5.11 Å². The van der Waals surface area contributed by atoms with Crippen LogP contribution in [0.4, 0.5) is 0 Å². The summed E-state index contributed by atoms with van der Waals surface area (Å²) in [5, 5.41) is 9.74. The first kappa shape index (κ1) is 9.27. The van der Waals surface area contributed by atoms with Crippen LogP contribution in [0, 0.1) is 0 Å². The fraction of sp³-hybridized carbons (Fsp3) is 0.455. The molecule has 0 aliphatic heterocycles. The second-order valence-electron chi connectivity index (χ2n) is 3.79. The van der Waals surface area contributed by atoms with Crippen molar-refractivity contribution in [1.29, 1.82) is 0 Å². The number of benzene rings is 1. The lowest BCUT2D eigenvalue weighted by atomic mass is 9.87. The number of rotatable bonds is 2. The van der Waals surface area contributed by atoms with Crippen molar-refractivity contribution in [3.63, 3.8) is 0 Å². The lowest BCUT2D eigenvalue weighted by Crippen LogP contribution is -2.26. The minimum absolute atomic E-state index is 0.179. The van der Waals surface area contributed by atoms with Crippen molar-refractivity contribution >= 4 is 0 Å². The van der Waals surface area contributed by atoms with Crippen LogP contribution in [0.3, 0.4) is 0 Å². The maximum absolute atomic E-state index is 9.74. The molecule has 0 aliphatic rings. The van der Waals surface area contributed by atoms with Crippen molar-refractivity contribution in [3.8, 4) is 0 Å². The molecule has 0 heterocycles. The Balaban J connectivity index is 2.86. The molecule has 0 aliphatic carbocycles. The molecule has 0 bridgehead atoms. The molecule has 1 nitrogen and oxygen atoms in total. The van der Waals surface area contributed by atoms with Crippen LogP contribution in [0.5, 0.6) is 0 Å². The van der Waals surface area contributed by atoms with E-state index >= 15 is 0 Å². The second kappa shape index (κ2) is 3.28. The molecule has 0 aromatic heterocycles. The highest BCUT2D eigenvalue weighted by Gasteiger charge is 2.23. The Hall–Kier alpha value is -0.820. The van der Waals surface area contributed by atoms with Crippen molar-refractivity contribution in [2.45, 2.75) is 32.3 Å². The van der Waals surface area contributed by atoms with Gasteiger partial charge in [0.15, 0.2) is 0 Å². The summed E-state index contributed by atoms with van der Waals surface area (Å²) in [6.45, 7) is 5.71. The van der Waals surface area contributed by atoms with Gasteiger partial charge in [-0.3, -0.25) is 0 Å². The minimum Gasteiger partial charge on any atom is -0.390 e. The smallest absolute Gasteiger partial charge is 0.0657 e. The molecule has 1 aromatic carbocycles. The van der Waals surface area contributed by atoms with Crippen molar-refractivity contribution < 1.29 is 5.11 Å². The minimum atomic E-state index is -0.638. The molecule has 0 saturated heterocycles. The van der Waals surface area contributed by atoms with Gasteiger partial charge in [0, 0.05) is 5.92 Å². The van der Waals surface area contributed by atoms with Gasteiger partial charge in [0.05, 0.1) is 5.60 Å². The first-order valence-corrected chi connectivity index (χ1v) is 4.29. The molecule has 1 atom stereocenters. The zero-order valence-corrected chi connectivity index (χ0v) is 7.91. The molecule has 12 heavy (non-hydrogen) atoms. The number of hydrogen-bond acceptors (Lipinski definition) is 1. The van der Waals surface area contributed by atoms with Gasteiger partial charge in [-0.15, -0.1) is 0 Å². The van der Waals surface area contributed by atoms with E-state index in [4.69, 9.17) is 0 Å². The summed E-state index contributed by atoms with van der Waals surface area (Å²) < 4.78 is 0. The van der Waals surface area contributed by atoms with E-state index in [1.807, 2.05) is 51.1 Å². The van der Waals surface area contributed by atoms with E-state index in [2.05, 4.69) is 0 Å². The van der Waals surface area contributed by atoms with Gasteiger partial charge in [-0.2, -0.15) is 0 Å². The number of aliphatic hydroxyl groups is 1. The zero-order chi connectivity index (χ0) is 9.19. The number of hydrogen-bond donors (Lipinski definition) is 1. The predicted molar refractivity (Wildman–Crippen MR) is 51.2 cm³/mol. The van der Waals surface area contributed by atoms with Gasteiger partial charge < -0.3 is 5.11 Å². The van der Waals surface area contributed by atoms with Gasteiger partial charge >= 0.3 is 0 Å². The average molecular weight is 164 g/mol. The molecule has 1 heteroatoms. The third kappa shape index (κ3) is 2.08. The first-order chi connectivity index (χ1) is 5.52. The van der Waals surface area contributed by atoms with E-state index in [0.29, 0.717) is 0 Å². The summed E-state index contributed by atoms with van der Waals surface area (Å²) in [4.78, 5) is 0. The van der Waals surface area contributed by atoms with E-state index in [-0.39, 0.29) is 5.92 Å². The molecule has 1 rings (SSSR count). The highest BCUT2D eigenvalue weighted by molar-refractivity contribution is 5.21. The summed E-state index contributed by atoms with van der Waals surface area (Å²) in [7, 11) is 0. The maximum Gasteiger partial charge on any atom is 0.0657 e. The van der Waals surface area contributed by atoms with E-state index in [1.54, 1.807) is 0 Å². The fourth-order valence-corrected chi connectivity index (χ4v) is 1.15. The Bertz CT molecular complexity index is 233. The van der Waals surface area contributed by atoms with Gasteiger partial charge in [-0.25, -0.2) is 0 Å². The van der Waals surface area contributed by atoms with Crippen LogP contribution < -0.4 is 0 Å². The Kier molecular flexibility index (Phi) is 2.53. The fourth-order valence-electron chi connectivity index (χ4n) is 1.15. The van der Waals surface area contributed by atoms with Crippen molar-refractivity contribution in [1.82, 2.24) is 0 Å². The zero-order valence-electron chi connectivity index (χ0n) is 7.91. The third-order valence-corrected chi connectivity index (χ3v) is 2.36. The van der Waals surface area contributed by atoms with Gasteiger partial charge in [0.1, 0.15) is 0 Å². The van der Waals surface area contributed by atoms with Crippen molar-refractivity contribution in [3.05, 3.63) is 35.9 Å². The Labute approximate surface area is 74.1 Å². The van der Waals surface area contributed by atoms with Crippen LogP contribution >= 0.6 is 0 Å². The van der Waals surface area contributed by atoms with E-state index in [1.165, 1.54) is 5.56 Å². The summed E-state index contributed by atoms with van der Waals surface area (Å²) in [6, 6.07) is 10.1. The van der Waals surface area contributed by atoms with Gasteiger partial charge in [0.2, 0.25) is 0 Å². The molecule has 1 unspecified atom stereocenters. The highest BCUT2D eigenvalue weighted by atomic mass is 16.3. The van der Waals surface area contributed by atoms with E-state index in [0.717, 1.165) is 0 Å². The Morgan fingerprint density at radius 1 is 1.17 bits per heavy atom. The molecule has 0 spiro atoms. The molecular weight excluding hydrogens is 148 g/mol. The maximum atomic E-state index is 9.74. The molecule has 0 radical (unpaired) electrons. The van der Waals surface area contributed by atoms with Gasteiger partial charge in [-0.1, -0.05) is 37.3 Å². The lowest BCUT2D eigenvalue weighted by molar-refractivity contribution is 0.0559. The summed E-state index contributed by atoms with van der Waals surface area (Å²) >= 11 is 0. The summed E-state index contributed by atoms with van der Waals surface area (Å²) in [6.07, 6.45) is 0. The standard InChI is InChI=1S/C11H16O/c1-9(11(2,3)12)10-7-5-4-6-8-10/h4-9,12H,1-3H3. The summed E-state index contributed by atoms with van der Waals surface area (Å²) in [5.74, 6) is 0.179. The van der Waals surface area contributed by atoms with E-state index < -0.39 is 5.60 Å². The van der Waals surface area contributed by atoms with Crippen LogP contribution in [0.2, 0.25) is 0 Å². The second-order valence-corrected chi connectivity index (χ2v) is 3.79. The van der Waals surface area contributed by atoms with Crippen LogP contribution in [0.25, 0.3) is 0 Å². The largest absolute Gasteiger partial charge is 0.390 e. The molecule has 66 valence electrons. The molecule has 0 fully saturated rings. The quantitative estimate of drug-likeness (QED) is 0.712. The van der Waals surface area contributed by atoms with Crippen LogP contribution in [-0.4, -0.2) is 10.7 Å². The highest BCUT2D eigenvalue weighted by Crippen LogP contribution is 2.26. The molecule has 1 aromatic rings. The Morgan fingerprint density at radius 2 is 1.67 bits per heavy atom. The van der Waals surface area contributed by atoms with Crippen LogP contribution in [-0.2, 0) is 0 Å². The van der Waals surface area contributed by atoms with Crippen LogP contribution in [0.15, 0.2) is 30.3 Å². The van der Waals surface area contributed by atoms with Crippen LogP contribution in [0.1, 0.15) is 32.3 Å². The topological polar surface area (TPSA) is 20.2 Å². The summed E-state index contributed by atoms with van der Waals surface area (Å²) in [5.41, 5.74) is 0.548. The SMILES string of the molecule is CC(c1ccccc1)C(C)(C)O. The van der Waals surface area contributed by atoms with Crippen molar-refractivity contribution in [2.24, 2.45) is 0 Å². The monoisotopic (exact) mass is 164 g/mol. The van der Waals surface area contributed by atoms with Gasteiger partial charge in [0.25, 0.3) is 0 Å². The first-order valence-electron chi connectivity index (χ1n) is 4.29. The lowest BCUT2D eigenvalue weighted by Gasteiger charge is -2.26. The Morgan fingerprint density at radius 3 is 2.08 bits per heavy atom. The molecule has 0 amide bonds. The molecular formula is C11H16O.